The summed E-state index contributed by atoms with van der Waals surface area (Å²) in [7, 11) is 0. The van der Waals surface area contributed by atoms with Crippen LogP contribution in [0, 0.1) is 6.92 Å². The topological polar surface area (TPSA) is 54.5 Å². The van der Waals surface area contributed by atoms with Gasteiger partial charge in [-0.15, -0.1) is 11.3 Å². The molecule has 2 amide bonds. The Hall–Kier alpha value is -1.14. The highest BCUT2D eigenvalue weighted by molar-refractivity contribution is 7.09. The molecule has 1 saturated heterocycles. The second-order valence-electron chi connectivity index (χ2n) is 4.68. The van der Waals surface area contributed by atoms with Gasteiger partial charge >= 0.3 is 6.03 Å². The van der Waals surface area contributed by atoms with Crippen LogP contribution in [0.2, 0.25) is 0 Å². The maximum Gasteiger partial charge on any atom is 0.317 e. The average Bonchev–Trinajstić information content (AvgIpc) is 2.70. The van der Waals surface area contributed by atoms with Crippen LogP contribution < -0.4 is 5.32 Å². The molecule has 1 aliphatic heterocycles. The molecule has 100 valence electrons. The molecule has 1 aromatic heterocycles. The van der Waals surface area contributed by atoms with Gasteiger partial charge in [0.15, 0.2) is 0 Å². The first kappa shape index (κ1) is 13.3. The summed E-state index contributed by atoms with van der Waals surface area (Å²) in [6.45, 7) is 7.71. The van der Waals surface area contributed by atoms with E-state index in [9.17, 15) is 4.79 Å². The van der Waals surface area contributed by atoms with E-state index in [-0.39, 0.29) is 18.2 Å². The third-order valence-corrected chi connectivity index (χ3v) is 3.62. The minimum absolute atomic E-state index is 0.0392. The Balaban J connectivity index is 1.84. The number of nitrogens with one attached hydrogen (secondary N) is 1. The van der Waals surface area contributed by atoms with Gasteiger partial charge in [-0.05, 0) is 20.8 Å². The highest BCUT2D eigenvalue weighted by Gasteiger charge is 2.25. The minimum atomic E-state index is -0.0392. The first-order valence-corrected chi connectivity index (χ1v) is 7.02. The summed E-state index contributed by atoms with van der Waals surface area (Å²) in [6.07, 6.45) is 0.196. The van der Waals surface area contributed by atoms with Gasteiger partial charge < -0.3 is 15.0 Å². The first-order valence-electron chi connectivity index (χ1n) is 6.14. The van der Waals surface area contributed by atoms with Crippen LogP contribution in [0.3, 0.4) is 0 Å². The first-order chi connectivity index (χ1) is 8.54. The van der Waals surface area contributed by atoms with Gasteiger partial charge in [0.05, 0.1) is 29.5 Å². The van der Waals surface area contributed by atoms with Gasteiger partial charge in [-0.2, -0.15) is 0 Å². The SMILES string of the molecule is Cc1nc(CNC(=O)N2C[C@H](C)O[C@@H](C)C2)cs1. The van der Waals surface area contributed by atoms with E-state index in [1.54, 1.807) is 16.2 Å². The highest BCUT2D eigenvalue weighted by atomic mass is 32.1. The van der Waals surface area contributed by atoms with Crippen LogP contribution in [0.15, 0.2) is 5.38 Å². The third kappa shape index (κ3) is 3.43. The molecular formula is C12H19N3O2S. The Labute approximate surface area is 111 Å². The zero-order valence-corrected chi connectivity index (χ0v) is 11.8. The predicted molar refractivity (Wildman–Crippen MR) is 70.7 cm³/mol. The standard InChI is InChI=1S/C12H19N3O2S/c1-8-5-15(6-9(2)17-8)12(16)13-4-11-7-18-10(3)14-11/h7-9H,4-6H2,1-3H3,(H,13,16)/t8-,9-/m0/s1. The molecule has 1 N–H and O–H groups in total. The van der Waals surface area contributed by atoms with Crippen LogP contribution >= 0.6 is 11.3 Å². The fourth-order valence-electron chi connectivity index (χ4n) is 2.11. The summed E-state index contributed by atoms with van der Waals surface area (Å²) in [4.78, 5) is 18.1. The van der Waals surface area contributed by atoms with Crippen molar-refractivity contribution < 1.29 is 9.53 Å². The Morgan fingerprint density at radius 2 is 2.22 bits per heavy atom. The van der Waals surface area contributed by atoms with Crippen molar-refractivity contribution in [2.75, 3.05) is 13.1 Å². The molecule has 0 bridgehead atoms. The molecule has 1 aliphatic rings. The van der Waals surface area contributed by atoms with Crippen molar-refractivity contribution in [1.29, 1.82) is 0 Å². The van der Waals surface area contributed by atoms with Crippen LogP contribution in [0.1, 0.15) is 24.5 Å². The lowest BCUT2D eigenvalue weighted by atomic mass is 10.2. The highest BCUT2D eigenvalue weighted by Crippen LogP contribution is 2.11. The maximum absolute atomic E-state index is 12.0. The summed E-state index contributed by atoms with van der Waals surface area (Å²) >= 11 is 1.60. The molecule has 1 fully saturated rings. The number of hydrogen-bond donors (Lipinski definition) is 1. The molecule has 0 spiro atoms. The molecule has 2 rings (SSSR count). The van der Waals surface area contributed by atoms with Crippen LogP contribution in [0.5, 0.6) is 0 Å². The zero-order valence-electron chi connectivity index (χ0n) is 11.0. The van der Waals surface area contributed by atoms with Crippen molar-refractivity contribution in [2.45, 2.75) is 39.5 Å². The van der Waals surface area contributed by atoms with Crippen molar-refractivity contribution in [2.24, 2.45) is 0 Å². The normalized spacial score (nSPS) is 24.1. The monoisotopic (exact) mass is 269 g/mol. The van der Waals surface area contributed by atoms with E-state index in [1.165, 1.54) is 0 Å². The zero-order chi connectivity index (χ0) is 13.1. The number of morpholine rings is 1. The molecule has 0 unspecified atom stereocenters. The van der Waals surface area contributed by atoms with E-state index in [2.05, 4.69) is 10.3 Å². The number of carbonyl (C=O) groups excluding carboxylic acids is 1. The van der Waals surface area contributed by atoms with Crippen LogP contribution in [0.4, 0.5) is 4.79 Å². The number of ether oxygens (including phenoxy) is 1. The molecular weight excluding hydrogens is 250 g/mol. The molecule has 1 aromatic rings. The lowest BCUT2D eigenvalue weighted by molar-refractivity contribution is -0.0545. The number of nitrogens with zero attached hydrogens (tertiary/aromatic N) is 2. The Kier molecular flexibility index (Phi) is 4.19. The van der Waals surface area contributed by atoms with Crippen LogP contribution in [-0.2, 0) is 11.3 Å². The van der Waals surface area contributed by atoms with Gasteiger partial charge in [0.25, 0.3) is 0 Å². The number of rotatable bonds is 2. The molecule has 0 aromatic carbocycles. The number of aromatic nitrogens is 1. The van der Waals surface area contributed by atoms with Crippen molar-refractivity contribution in [3.05, 3.63) is 16.1 Å². The molecule has 18 heavy (non-hydrogen) atoms. The molecule has 0 saturated carbocycles. The lowest BCUT2D eigenvalue weighted by Gasteiger charge is -2.35. The van der Waals surface area contributed by atoms with E-state index < -0.39 is 0 Å². The number of hydrogen-bond acceptors (Lipinski definition) is 4. The largest absolute Gasteiger partial charge is 0.372 e. The quantitative estimate of drug-likeness (QED) is 0.890. The Morgan fingerprint density at radius 1 is 1.56 bits per heavy atom. The number of carbonyl (C=O) groups is 1. The molecule has 2 heterocycles. The summed E-state index contributed by atoms with van der Waals surface area (Å²) in [5.74, 6) is 0. The average molecular weight is 269 g/mol. The smallest absolute Gasteiger partial charge is 0.317 e. The maximum atomic E-state index is 12.0. The van der Waals surface area contributed by atoms with E-state index in [1.807, 2.05) is 26.2 Å². The van der Waals surface area contributed by atoms with Crippen molar-refractivity contribution >= 4 is 17.4 Å². The number of aryl methyl sites for hydroxylation is 1. The van der Waals surface area contributed by atoms with E-state index in [0.29, 0.717) is 19.6 Å². The van der Waals surface area contributed by atoms with Gasteiger partial charge in [-0.3, -0.25) is 0 Å². The second kappa shape index (κ2) is 5.67. The van der Waals surface area contributed by atoms with Gasteiger partial charge in [0.1, 0.15) is 0 Å². The Morgan fingerprint density at radius 3 is 2.78 bits per heavy atom. The van der Waals surface area contributed by atoms with Crippen molar-refractivity contribution in [1.82, 2.24) is 15.2 Å². The predicted octanol–water partition coefficient (Wildman–Crippen LogP) is 1.77. The lowest BCUT2D eigenvalue weighted by Crippen LogP contribution is -2.51. The summed E-state index contributed by atoms with van der Waals surface area (Å²) in [6, 6.07) is -0.0392. The van der Waals surface area contributed by atoms with Gasteiger partial charge in [-0.1, -0.05) is 0 Å². The summed E-state index contributed by atoms with van der Waals surface area (Å²) in [5, 5.41) is 5.89. The van der Waals surface area contributed by atoms with Crippen LogP contribution in [-0.4, -0.2) is 41.2 Å². The fraction of sp³-hybridized carbons (Fsp3) is 0.667. The van der Waals surface area contributed by atoms with Crippen molar-refractivity contribution in [3.63, 3.8) is 0 Å². The van der Waals surface area contributed by atoms with Gasteiger partial charge in [-0.25, -0.2) is 9.78 Å². The molecule has 2 atom stereocenters. The Bertz CT molecular complexity index is 411. The number of thiazole rings is 1. The van der Waals surface area contributed by atoms with E-state index >= 15 is 0 Å². The summed E-state index contributed by atoms with van der Waals surface area (Å²) < 4.78 is 5.60. The number of urea groups is 1. The molecule has 0 radical (unpaired) electrons. The van der Waals surface area contributed by atoms with Gasteiger partial charge in [0.2, 0.25) is 0 Å². The third-order valence-electron chi connectivity index (χ3n) is 2.79. The fourth-order valence-corrected chi connectivity index (χ4v) is 2.72. The van der Waals surface area contributed by atoms with Crippen molar-refractivity contribution in [3.8, 4) is 0 Å². The molecule has 0 aliphatic carbocycles. The van der Waals surface area contributed by atoms with Crippen LogP contribution in [0.25, 0.3) is 0 Å². The van der Waals surface area contributed by atoms with E-state index in [4.69, 9.17) is 4.74 Å². The molecule has 5 nitrogen and oxygen atoms in total. The second-order valence-corrected chi connectivity index (χ2v) is 5.74. The van der Waals surface area contributed by atoms with E-state index in [0.717, 1.165) is 10.7 Å². The summed E-state index contributed by atoms with van der Waals surface area (Å²) in [5.41, 5.74) is 0.917. The van der Waals surface area contributed by atoms with Gasteiger partial charge in [0, 0.05) is 18.5 Å². The molecule has 6 heteroatoms. The number of amides is 2. The minimum Gasteiger partial charge on any atom is -0.372 e.